The van der Waals surface area contributed by atoms with Crippen LogP contribution in [0.3, 0.4) is 0 Å². The van der Waals surface area contributed by atoms with Crippen molar-refractivity contribution in [2.24, 2.45) is 0 Å². The first-order valence-corrected chi connectivity index (χ1v) is 7.24. The van der Waals surface area contributed by atoms with E-state index in [1.165, 1.54) is 0 Å². The summed E-state index contributed by atoms with van der Waals surface area (Å²) in [5.41, 5.74) is 2.20. The number of anilines is 1. The summed E-state index contributed by atoms with van der Waals surface area (Å²) in [6.45, 7) is 7.46. The Bertz CT molecular complexity index is 601. The van der Waals surface area contributed by atoms with E-state index in [9.17, 15) is 4.79 Å². The van der Waals surface area contributed by atoms with E-state index in [0.29, 0.717) is 0 Å². The summed E-state index contributed by atoms with van der Waals surface area (Å²) in [5.74, 6) is 0. The predicted molar refractivity (Wildman–Crippen MR) is 82.1 cm³/mol. The molecule has 4 nitrogen and oxygen atoms in total. The van der Waals surface area contributed by atoms with Gasteiger partial charge in [0.25, 0.3) is 0 Å². The smallest absolute Gasteiger partial charge is 0.412 e. The first kappa shape index (κ1) is 14.5. The zero-order valence-electron chi connectivity index (χ0n) is 12.1. The molecule has 20 heavy (non-hydrogen) atoms. The molecule has 0 radical (unpaired) electrons. The highest BCUT2D eigenvalue weighted by molar-refractivity contribution is 7.13. The van der Waals surface area contributed by atoms with Gasteiger partial charge in [-0.3, -0.25) is 5.32 Å². The zero-order valence-corrected chi connectivity index (χ0v) is 12.9. The van der Waals surface area contributed by atoms with Crippen molar-refractivity contribution in [1.82, 2.24) is 4.98 Å². The number of aryl methyl sites for hydroxylation is 1. The summed E-state index contributed by atoms with van der Waals surface area (Å²) in [7, 11) is 0. The molecular weight excluding hydrogens is 272 g/mol. The summed E-state index contributed by atoms with van der Waals surface area (Å²) in [6.07, 6.45) is 1.32. The summed E-state index contributed by atoms with van der Waals surface area (Å²) >= 11 is 1.56. The monoisotopic (exact) mass is 290 g/mol. The lowest BCUT2D eigenvalue weighted by Gasteiger charge is -2.20. The highest BCUT2D eigenvalue weighted by atomic mass is 32.1. The van der Waals surface area contributed by atoms with Crippen molar-refractivity contribution in [1.29, 1.82) is 0 Å². The maximum absolute atomic E-state index is 11.8. The van der Waals surface area contributed by atoms with Gasteiger partial charge in [-0.1, -0.05) is 12.1 Å². The molecule has 0 aliphatic rings. The van der Waals surface area contributed by atoms with Crippen molar-refractivity contribution >= 4 is 23.1 Å². The minimum absolute atomic E-state index is 0.447. The van der Waals surface area contributed by atoms with Crippen LogP contribution in [0.5, 0.6) is 0 Å². The number of carbonyl (C=O) groups excluding carboxylic acids is 1. The molecule has 0 saturated carbocycles. The van der Waals surface area contributed by atoms with Crippen molar-refractivity contribution in [3.8, 4) is 10.6 Å². The third kappa shape index (κ3) is 3.81. The van der Waals surface area contributed by atoms with E-state index in [0.717, 1.165) is 21.8 Å². The van der Waals surface area contributed by atoms with Gasteiger partial charge in [-0.2, -0.15) is 0 Å². The first-order chi connectivity index (χ1) is 9.35. The maximum atomic E-state index is 11.8. The van der Waals surface area contributed by atoms with Gasteiger partial charge in [0.05, 0.1) is 0 Å². The van der Waals surface area contributed by atoms with Crippen LogP contribution in [0.25, 0.3) is 10.6 Å². The van der Waals surface area contributed by atoms with E-state index < -0.39 is 11.7 Å². The number of carbonyl (C=O) groups is 1. The molecule has 1 aromatic carbocycles. The second kappa shape index (κ2) is 5.63. The second-order valence-corrected chi connectivity index (χ2v) is 6.39. The Morgan fingerprint density at radius 3 is 2.70 bits per heavy atom. The lowest BCUT2D eigenvalue weighted by atomic mass is 10.1. The van der Waals surface area contributed by atoms with Gasteiger partial charge in [-0.05, 0) is 39.3 Å². The number of nitrogens with one attached hydrogen (secondary N) is 1. The highest BCUT2D eigenvalue weighted by Gasteiger charge is 2.17. The van der Waals surface area contributed by atoms with Crippen LogP contribution < -0.4 is 5.32 Å². The average molecular weight is 290 g/mol. The minimum Gasteiger partial charge on any atom is -0.444 e. The minimum atomic E-state index is -0.509. The van der Waals surface area contributed by atoms with Crippen LogP contribution in [0.1, 0.15) is 26.3 Å². The lowest BCUT2D eigenvalue weighted by Crippen LogP contribution is -2.27. The zero-order chi connectivity index (χ0) is 14.8. The Hall–Kier alpha value is -1.88. The van der Waals surface area contributed by atoms with Gasteiger partial charge in [-0.15, -0.1) is 11.3 Å². The number of hydrogen-bond acceptors (Lipinski definition) is 4. The normalized spacial score (nSPS) is 11.2. The molecule has 0 bridgehead atoms. The number of thiazole rings is 1. The van der Waals surface area contributed by atoms with Crippen molar-refractivity contribution in [3.63, 3.8) is 0 Å². The SMILES string of the molecule is Cc1ccc(-c2nccs2)cc1NC(=O)OC(C)(C)C. The third-order valence-corrected chi connectivity index (χ3v) is 3.37. The fourth-order valence-electron chi connectivity index (χ4n) is 1.67. The van der Waals surface area contributed by atoms with Crippen molar-refractivity contribution in [2.45, 2.75) is 33.3 Å². The number of aromatic nitrogens is 1. The second-order valence-electron chi connectivity index (χ2n) is 5.49. The predicted octanol–water partition coefficient (Wildman–Crippen LogP) is 4.47. The fourth-order valence-corrected chi connectivity index (χ4v) is 2.30. The number of ether oxygens (including phenoxy) is 1. The van der Waals surface area contributed by atoms with Crippen molar-refractivity contribution in [3.05, 3.63) is 35.3 Å². The quantitative estimate of drug-likeness (QED) is 0.888. The van der Waals surface area contributed by atoms with Crippen LogP contribution in [0, 0.1) is 6.92 Å². The summed E-state index contributed by atoms with van der Waals surface area (Å²) < 4.78 is 5.26. The van der Waals surface area contributed by atoms with E-state index in [2.05, 4.69) is 10.3 Å². The Morgan fingerprint density at radius 2 is 2.10 bits per heavy atom. The molecule has 0 unspecified atom stereocenters. The van der Waals surface area contributed by atoms with Crippen molar-refractivity contribution < 1.29 is 9.53 Å². The van der Waals surface area contributed by atoms with E-state index in [4.69, 9.17) is 4.74 Å². The molecule has 1 heterocycles. The van der Waals surface area contributed by atoms with Crippen LogP contribution in [-0.4, -0.2) is 16.7 Å². The van der Waals surface area contributed by atoms with Crippen LogP contribution in [0.15, 0.2) is 29.8 Å². The van der Waals surface area contributed by atoms with Gasteiger partial charge in [0.1, 0.15) is 10.6 Å². The molecule has 0 atom stereocenters. The summed E-state index contributed by atoms with van der Waals surface area (Å²) in [4.78, 5) is 16.1. The molecular formula is C15H18N2O2S. The molecule has 0 aliphatic carbocycles. The lowest BCUT2D eigenvalue weighted by molar-refractivity contribution is 0.0636. The third-order valence-electron chi connectivity index (χ3n) is 2.55. The molecule has 106 valence electrons. The molecule has 0 saturated heterocycles. The first-order valence-electron chi connectivity index (χ1n) is 6.36. The van der Waals surface area contributed by atoms with Crippen LogP contribution in [0.4, 0.5) is 10.5 Å². The molecule has 2 rings (SSSR count). The number of nitrogens with zero attached hydrogens (tertiary/aromatic N) is 1. The molecule has 1 aromatic heterocycles. The van der Waals surface area contributed by atoms with Crippen LogP contribution >= 0.6 is 11.3 Å². The van der Waals surface area contributed by atoms with Gasteiger partial charge in [0, 0.05) is 22.8 Å². The van der Waals surface area contributed by atoms with Gasteiger partial charge in [-0.25, -0.2) is 9.78 Å². The van der Waals surface area contributed by atoms with E-state index in [-0.39, 0.29) is 0 Å². The molecule has 5 heteroatoms. The van der Waals surface area contributed by atoms with E-state index >= 15 is 0 Å². The standard InChI is InChI=1S/C15H18N2O2S/c1-10-5-6-11(13-16-7-8-20-13)9-12(10)17-14(18)19-15(2,3)4/h5-9H,1-4H3,(H,17,18). The molecule has 0 spiro atoms. The van der Waals surface area contributed by atoms with Crippen LogP contribution in [-0.2, 0) is 4.74 Å². The number of amides is 1. The summed E-state index contributed by atoms with van der Waals surface area (Å²) in [6, 6.07) is 5.87. The van der Waals surface area contributed by atoms with Gasteiger partial charge in [0.15, 0.2) is 0 Å². The number of hydrogen-bond donors (Lipinski definition) is 1. The van der Waals surface area contributed by atoms with E-state index in [1.807, 2.05) is 51.3 Å². The number of rotatable bonds is 2. The molecule has 1 N–H and O–H groups in total. The average Bonchev–Trinajstić information content (AvgIpc) is 2.83. The largest absolute Gasteiger partial charge is 0.444 e. The number of benzene rings is 1. The molecule has 1 amide bonds. The Kier molecular flexibility index (Phi) is 4.09. The maximum Gasteiger partial charge on any atom is 0.412 e. The Balaban J connectivity index is 2.19. The topological polar surface area (TPSA) is 51.2 Å². The molecule has 0 aliphatic heterocycles. The van der Waals surface area contributed by atoms with Crippen molar-refractivity contribution in [2.75, 3.05) is 5.32 Å². The highest BCUT2D eigenvalue weighted by Crippen LogP contribution is 2.27. The molecule has 2 aromatic rings. The summed E-state index contributed by atoms with van der Waals surface area (Å²) in [5, 5.41) is 5.64. The van der Waals surface area contributed by atoms with Gasteiger partial charge >= 0.3 is 6.09 Å². The van der Waals surface area contributed by atoms with Gasteiger partial charge in [0.2, 0.25) is 0 Å². The fraction of sp³-hybridized carbons (Fsp3) is 0.333. The Morgan fingerprint density at radius 1 is 1.35 bits per heavy atom. The van der Waals surface area contributed by atoms with Gasteiger partial charge < -0.3 is 4.74 Å². The molecule has 0 fully saturated rings. The van der Waals surface area contributed by atoms with Crippen LogP contribution in [0.2, 0.25) is 0 Å². The Labute approximate surface area is 122 Å². The van der Waals surface area contributed by atoms with E-state index in [1.54, 1.807) is 17.5 Å².